The Morgan fingerprint density at radius 1 is 1.00 bits per heavy atom. The molecule has 0 aliphatic heterocycles. The fourth-order valence-electron chi connectivity index (χ4n) is 3.80. The third kappa shape index (κ3) is 6.55. The van der Waals surface area contributed by atoms with E-state index in [1.54, 1.807) is 13.2 Å². The molecule has 0 aromatic heterocycles. The van der Waals surface area contributed by atoms with Crippen LogP contribution in [0.4, 0.5) is 13.2 Å². The van der Waals surface area contributed by atoms with Crippen molar-refractivity contribution in [2.24, 2.45) is 0 Å². The minimum Gasteiger partial charge on any atom is -0.495 e. The third-order valence-electron chi connectivity index (χ3n) is 5.75. The van der Waals surface area contributed by atoms with Gasteiger partial charge in [-0.1, -0.05) is 66.7 Å². The zero-order valence-electron chi connectivity index (χ0n) is 19.1. The number of benzene rings is 3. The molecule has 0 aliphatic rings. The standard InChI is InChI=1S/C27H28ClF3N2O/c1-18(32-2)26(20-7-5-4-6-8-20)33-24(21-12-15-23(28)25(17-21)34-3)16-11-19-9-13-22(14-10-19)27(29,30)31/h4-10,12-15,17,24,26,32-33H,1,11,16H2,2-3H3/t24-,26-/m0/s1. The largest absolute Gasteiger partial charge is 0.495 e. The zero-order valence-corrected chi connectivity index (χ0v) is 19.9. The molecule has 180 valence electrons. The van der Waals surface area contributed by atoms with E-state index in [0.29, 0.717) is 23.6 Å². The summed E-state index contributed by atoms with van der Waals surface area (Å²) in [5.74, 6) is 0.559. The quantitative estimate of drug-likeness (QED) is 0.319. The number of methoxy groups -OCH3 is 1. The summed E-state index contributed by atoms with van der Waals surface area (Å²) in [7, 11) is 3.38. The van der Waals surface area contributed by atoms with Crippen LogP contribution < -0.4 is 15.4 Å². The average Bonchev–Trinajstić information content (AvgIpc) is 2.84. The zero-order chi connectivity index (χ0) is 24.7. The number of halogens is 4. The van der Waals surface area contributed by atoms with E-state index >= 15 is 0 Å². The summed E-state index contributed by atoms with van der Waals surface area (Å²) in [6, 6.07) is 20.5. The van der Waals surface area contributed by atoms with Crippen molar-refractivity contribution in [1.29, 1.82) is 0 Å². The van der Waals surface area contributed by atoms with Crippen LogP contribution in [-0.4, -0.2) is 14.2 Å². The van der Waals surface area contributed by atoms with E-state index in [1.165, 1.54) is 12.1 Å². The molecule has 0 aliphatic carbocycles. The maximum absolute atomic E-state index is 12.9. The van der Waals surface area contributed by atoms with Crippen molar-refractivity contribution in [1.82, 2.24) is 10.6 Å². The van der Waals surface area contributed by atoms with Gasteiger partial charge in [0.2, 0.25) is 0 Å². The Balaban J connectivity index is 1.89. The van der Waals surface area contributed by atoms with Crippen molar-refractivity contribution in [3.63, 3.8) is 0 Å². The minimum atomic E-state index is -4.35. The summed E-state index contributed by atoms with van der Waals surface area (Å²) in [4.78, 5) is 0. The number of rotatable bonds is 10. The lowest BCUT2D eigenvalue weighted by Crippen LogP contribution is -2.31. The Bertz CT molecular complexity index is 1090. The number of hydrogen-bond acceptors (Lipinski definition) is 3. The summed E-state index contributed by atoms with van der Waals surface area (Å²) >= 11 is 6.24. The van der Waals surface area contributed by atoms with Gasteiger partial charge >= 0.3 is 6.18 Å². The fourth-order valence-corrected chi connectivity index (χ4v) is 3.99. The van der Waals surface area contributed by atoms with Gasteiger partial charge < -0.3 is 10.1 Å². The lowest BCUT2D eigenvalue weighted by molar-refractivity contribution is -0.137. The molecule has 3 aromatic rings. The number of aryl methyl sites for hydroxylation is 1. The number of hydrogen-bond donors (Lipinski definition) is 2. The van der Waals surface area contributed by atoms with Crippen LogP contribution in [-0.2, 0) is 12.6 Å². The summed E-state index contributed by atoms with van der Waals surface area (Å²) in [5, 5.41) is 7.32. The molecule has 3 nitrogen and oxygen atoms in total. The summed E-state index contributed by atoms with van der Waals surface area (Å²) in [6.07, 6.45) is -3.14. The highest BCUT2D eigenvalue weighted by Crippen LogP contribution is 2.33. The molecule has 0 fully saturated rings. The first-order valence-electron chi connectivity index (χ1n) is 10.9. The Morgan fingerprint density at radius 2 is 1.68 bits per heavy atom. The highest BCUT2D eigenvalue weighted by molar-refractivity contribution is 6.32. The third-order valence-corrected chi connectivity index (χ3v) is 6.06. The van der Waals surface area contributed by atoms with Gasteiger partial charge in [-0.3, -0.25) is 5.32 Å². The Morgan fingerprint density at radius 3 is 2.26 bits per heavy atom. The van der Waals surface area contributed by atoms with Crippen LogP contribution in [0.2, 0.25) is 5.02 Å². The molecule has 2 N–H and O–H groups in total. The van der Waals surface area contributed by atoms with E-state index in [9.17, 15) is 13.2 Å². The van der Waals surface area contributed by atoms with Gasteiger partial charge in [-0.2, -0.15) is 13.2 Å². The normalized spacial score (nSPS) is 13.2. The summed E-state index contributed by atoms with van der Waals surface area (Å²) < 4.78 is 44.2. The van der Waals surface area contributed by atoms with E-state index < -0.39 is 11.7 Å². The average molecular weight is 489 g/mol. The molecule has 3 rings (SSSR count). The van der Waals surface area contributed by atoms with Crippen LogP contribution >= 0.6 is 11.6 Å². The molecule has 0 bridgehead atoms. The van der Waals surface area contributed by atoms with Crippen LogP contribution in [0.3, 0.4) is 0 Å². The van der Waals surface area contributed by atoms with Gasteiger partial charge in [0, 0.05) is 18.8 Å². The van der Waals surface area contributed by atoms with E-state index in [2.05, 4.69) is 17.2 Å². The monoisotopic (exact) mass is 488 g/mol. The number of alkyl halides is 3. The number of nitrogens with one attached hydrogen (secondary N) is 2. The number of likely N-dealkylation sites (N-methyl/N-ethyl adjacent to an activating group) is 1. The highest BCUT2D eigenvalue weighted by atomic mass is 35.5. The van der Waals surface area contributed by atoms with Gasteiger partial charge in [-0.05, 0) is 53.8 Å². The molecule has 0 amide bonds. The van der Waals surface area contributed by atoms with Crippen LogP contribution in [0.15, 0.2) is 85.1 Å². The molecule has 0 heterocycles. The molecule has 0 saturated carbocycles. The van der Waals surface area contributed by atoms with Gasteiger partial charge in [0.15, 0.2) is 0 Å². The molecule has 0 spiro atoms. The smallest absolute Gasteiger partial charge is 0.416 e. The van der Waals surface area contributed by atoms with E-state index in [1.807, 2.05) is 49.5 Å². The topological polar surface area (TPSA) is 33.3 Å². The molecule has 0 radical (unpaired) electrons. The molecule has 34 heavy (non-hydrogen) atoms. The van der Waals surface area contributed by atoms with Gasteiger partial charge in [0.25, 0.3) is 0 Å². The molecule has 0 saturated heterocycles. The highest BCUT2D eigenvalue weighted by Gasteiger charge is 2.30. The number of ether oxygens (including phenoxy) is 1. The minimum absolute atomic E-state index is 0.149. The van der Waals surface area contributed by atoms with E-state index in [0.717, 1.165) is 34.5 Å². The van der Waals surface area contributed by atoms with Crippen molar-refractivity contribution >= 4 is 11.6 Å². The van der Waals surface area contributed by atoms with E-state index in [4.69, 9.17) is 16.3 Å². The molecular formula is C27H28ClF3N2O. The maximum Gasteiger partial charge on any atom is 0.416 e. The van der Waals surface area contributed by atoms with Crippen LogP contribution in [0.1, 0.15) is 40.8 Å². The predicted octanol–water partition coefficient (Wildman–Crippen LogP) is 7.11. The molecular weight excluding hydrogens is 461 g/mol. The van der Waals surface area contributed by atoms with Crippen molar-refractivity contribution in [3.8, 4) is 5.75 Å². The fraction of sp³-hybridized carbons (Fsp3) is 0.259. The van der Waals surface area contributed by atoms with Crippen molar-refractivity contribution < 1.29 is 17.9 Å². The lowest BCUT2D eigenvalue weighted by atomic mass is 9.95. The first-order chi connectivity index (χ1) is 16.2. The molecule has 3 aromatic carbocycles. The molecule has 0 unspecified atom stereocenters. The van der Waals surface area contributed by atoms with Crippen LogP contribution in [0, 0.1) is 0 Å². The van der Waals surface area contributed by atoms with Gasteiger partial charge in [-0.25, -0.2) is 0 Å². The van der Waals surface area contributed by atoms with Crippen molar-refractivity contribution in [3.05, 3.63) is 112 Å². The lowest BCUT2D eigenvalue weighted by Gasteiger charge is -2.28. The Kier molecular flexibility index (Phi) is 8.64. The maximum atomic E-state index is 12.9. The second-order valence-electron chi connectivity index (χ2n) is 7.97. The predicted molar refractivity (Wildman–Crippen MR) is 131 cm³/mol. The first kappa shape index (κ1) is 25.7. The van der Waals surface area contributed by atoms with Gasteiger partial charge in [-0.15, -0.1) is 0 Å². The van der Waals surface area contributed by atoms with Crippen molar-refractivity contribution in [2.75, 3.05) is 14.2 Å². The molecule has 2 atom stereocenters. The Hall–Kier alpha value is -2.96. The van der Waals surface area contributed by atoms with Crippen LogP contribution in [0.5, 0.6) is 5.75 Å². The van der Waals surface area contributed by atoms with Gasteiger partial charge in [0.05, 0.1) is 23.7 Å². The Labute approximate surface area is 203 Å². The van der Waals surface area contributed by atoms with E-state index in [-0.39, 0.29) is 12.1 Å². The SMILES string of the molecule is C=C(NC)[C@H](N[C@@H](CCc1ccc(C(F)(F)F)cc1)c1ccc(Cl)c(OC)c1)c1ccccc1. The van der Waals surface area contributed by atoms with Gasteiger partial charge in [0.1, 0.15) is 5.75 Å². The molecule has 7 heteroatoms. The second-order valence-corrected chi connectivity index (χ2v) is 8.37. The van der Waals surface area contributed by atoms with Crippen molar-refractivity contribution in [2.45, 2.75) is 31.1 Å². The second kappa shape index (κ2) is 11.4. The van der Waals surface area contributed by atoms with Crippen LogP contribution in [0.25, 0.3) is 0 Å². The summed E-state index contributed by atoms with van der Waals surface area (Å²) in [6.45, 7) is 4.17. The first-order valence-corrected chi connectivity index (χ1v) is 11.3. The summed E-state index contributed by atoms with van der Waals surface area (Å²) in [5.41, 5.74) is 2.97.